The molecule has 0 aliphatic carbocycles. The van der Waals surface area contributed by atoms with Crippen LogP contribution in [0.25, 0.3) is 0 Å². The smallest absolute Gasteiger partial charge is 0.397 e. The molecule has 0 aromatic carbocycles. The van der Waals surface area contributed by atoms with Crippen molar-refractivity contribution in [3.05, 3.63) is 0 Å². The molecule has 0 aromatic rings. The first-order valence-corrected chi connectivity index (χ1v) is 2.84. The minimum Gasteiger partial charge on any atom is -0.474 e. The van der Waals surface area contributed by atoms with Crippen LogP contribution in [-0.2, 0) is 4.79 Å². The van der Waals surface area contributed by atoms with Crippen molar-refractivity contribution in [2.75, 3.05) is 19.6 Å². The third-order valence-corrected chi connectivity index (χ3v) is 1.20. The standard InChI is InChI=1S/C5H8N2O2/c8-5(9)4-3-6-1-2-7-4/h6H,1-3H2,(H,8,9)/p+1. The summed E-state index contributed by atoms with van der Waals surface area (Å²) in [7, 11) is 0. The summed E-state index contributed by atoms with van der Waals surface area (Å²) in [5.74, 6) is -0.859. The number of carboxylic acids is 1. The summed E-state index contributed by atoms with van der Waals surface area (Å²) in [6, 6.07) is 0. The summed E-state index contributed by atoms with van der Waals surface area (Å²) < 4.78 is 0. The molecule has 0 radical (unpaired) electrons. The van der Waals surface area contributed by atoms with Gasteiger partial charge >= 0.3 is 5.97 Å². The van der Waals surface area contributed by atoms with Crippen molar-refractivity contribution in [2.45, 2.75) is 0 Å². The van der Waals surface area contributed by atoms with Crippen molar-refractivity contribution in [1.82, 2.24) is 5.32 Å². The van der Waals surface area contributed by atoms with Crippen LogP contribution in [0, 0.1) is 0 Å². The van der Waals surface area contributed by atoms with Gasteiger partial charge in [-0.25, -0.2) is 9.79 Å². The molecule has 0 saturated heterocycles. The highest BCUT2D eigenvalue weighted by Crippen LogP contribution is 1.68. The lowest BCUT2D eigenvalue weighted by Gasteiger charge is -2.02. The quantitative estimate of drug-likeness (QED) is 0.358. The minimum absolute atomic E-state index is 0.362. The summed E-state index contributed by atoms with van der Waals surface area (Å²) in [5.41, 5.74) is 0.362. The van der Waals surface area contributed by atoms with Crippen LogP contribution in [0.4, 0.5) is 0 Å². The van der Waals surface area contributed by atoms with Crippen LogP contribution in [0.3, 0.4) is 0 Å². The number of nitrogens with one attached hydrogen (secondary N) is 2. The molecule has 0 aromatic heterocycles. The van der Waals surface area contributed by atoms with E-state index in [0.29, 0.717) is 18.8 Å². The van der Waals surface area contributed by atoms with E-state index in [0.717, 1.165) is 6.54 Å². The SMILES string of the molecule is O=C(O)C1=[NH+]CCNC1. The Labute approximate surface area is 52.6 Å². The lowest BCUT2D eigenvalue weighted by atomic mass is 10.3. The zero-order valence-electron chi connectivity index (χ0n) is 4.98. The Hall–Kier alpha value is -0.900. The zero-order valence-corrected chi connectivity index (χ0v) is 4.98. The van der Waals surface area contributed by atoms with E-state index < -0.39 is 5.97 Å². The van der Waals surface area contributed by atoms with Gasteiger partial charge in [-0.05, 0) is 0 Å². The van der Waals surface area contributed by atoms with Gasteiger partial charge in [-0.3, -0.25) is 0 Å². The molecule has 1 rings (SSSR count). The van der Waals surface area contributed by atoms with Gasteiger partial charge in [-0.2, -0.15) is 0 Å². The highest BCUT2D eigenvalue weighted by molar-refractivity contribution is 6.33. The predicted molar refractivity (Wildman–Crippen MR) is 31.3 cm³/mol. The predicted octanol–water partition coefficient (Wildman–Crippen LogP) is -2.80. The van der Waals surface area contributed by atoms with Crippen molar-refractivity contribution in [3.8, 4) is 0 Å². The zero-order chi connectivity index (χ0) is 6.69. The third-order valence-electron chi connectivity index (χ3n) is 1.20. The molecule has 4 nitrogen and oxygen atoms in total. The molecule has 3 N–H and O–H groups in total. The first-order chi connectivity index (χ1) is 4.30. The van der Waals surface area contributed by atoms with Crippen molar-refractivity contribution in [2.24, 2.45) is 0 Å². The summed E-state index contributed by atoms with van der Waals surface area (Å²) in [6.45, 7) is 2.01. The van der Waals surface area contributed by atoms with E-state index in [1.54, 1.807) is 0 Å². The van der Waals surface area contributed by atoms with Crippen LogP contribution in [0.1, 0.15) is 0 Å². The molecule has 1 aliphatic rings. The van der Waals surface area contributed by atoms with Gasteiger partial charge in [0.1, 0.15) is 0 Å². The Morgan fingerprint density at radius 1 is 1.78 bits per heavy atom. The van der Waals surface area contributed by atoms with E-state index in [2.05, 4.69) is 10.3 Å². The molecule has 4 heteroatoms. The maximum atomic E-state index is 10.2. The first-order valence-electron chi connectivity index (χ1n) is 2.84. The monoisotopic (exact) mass is 129 g/mol. The molecule has 0 spiro atoms. The maximum absolute atomic E-state index is 10.2. The molecule has 1 heterocycles. The van der Waals surface area contributed by atoms with E-state index in [-0.39, 0.29) is 0 Å². The fourth-order valence-corrected chi connectivity index (χ4v) is 0.729. The largest absolute Gasteiger partial charge is 0.474 e. The van der Waals surface area contributed by atoms with Crippen LogP contribution in [0.2, 0.25) is 0 Å². The van der Waals surface area contributed by atoms with Gasteiger partial charge in [0.05, 0.1) is 13.1 Å². The average molecular weight is 129 g/mol. The molecule has 0 fully saturated rings. The Morgan fingerprint density at radius 3 is 2.89 bits per heavy atom. The van der Waals surface area contributed by atoms with Gasteiger partial charge in [0, 0.05) is 0 Å². The lowest BCUT2D eigenvalue weighted by molar-refractivity contribution is -0.459. The molecule has 0 bridgehead atoms. The fraction of sp³-hybridized carbons (Fsp3) is 0.600. The molecular weight excluding hydrogens is 120 g/mol. The second-order valence-corrected chi connectivity index (χ2v) is 1.89. The highest BCUT2D eigenvalue weighted by atomic mass is 16.4. The second kappa shape index (κ2) is 2.59. The molecule has 0 atom stereocenters. The van der Waals surface area contributed by atoms with E-state index in [4.69, 9.17) is 5.11 Å². The molecule has 9 heavy (non-hydrogen) atoms. The molecule has 0 saturated carbocycles. The van der Waals surface area contributed by atoms with Crippen LogP contribution < -0.4 is 10.3 Å². The number of hydrogen-bond donors (Lipinski definition) is 3. The number of carboxylic acid groups (broad SMARTS) is 1. The molecule has 1 aliphatic heterocycles. The summed E-state index contributed by atoms with van der Waals surface area (Å²) in [4.78, 5) is 13.0. The van der Waals surface area contributed by atoms with Gasteiger partial charge < -0.3 is 10.4 Å². The highest BCUT2D eigenvalue weighted by Gasteiger charge is 2.17. The van der Waals surface area contributed by atoms with Crippen molar-refractivity contribution in [3.63, 3.8) is 0 Å². The van der Waals surface area contributed by atoms with Crippen molar-refractivity contribution in [1.29, 1.82) is 0 Å². The Bertz CT molecular complexity index is 153. The molecule has 50 valence electrons. The molecular formula is C5H9N2O2+. The minimum atomic E-state index is -0.859. The van der Waals surface area contributed by atoms with Crippen LogP contribution in [-0.4, -0.2) is 36.4 Å². The van der Waals surface area contributed by atoms with Crippen LogP contribution >= 0.6 is 0 Å². The lowest BCUT2D eigenvalue weighted by Crippen LogP contribution is -2.81. The molecule has 0 unspecified atom stereocenters. The van der Waals surface area contributed by atoms with Gasteiger partial charge in [0.2, 0.25) is 0 Å². The average Bonchev–Trinajstić information content (AvgIpc) is 1.90. The van der Waals surface area contributed by atoms with Gasteiger partial charge in [0.25, 0.3) is 5.71 Å². The second-order valence-electron chi connectivity index (χ2n) is 1.89. The summed E-state index contributed by atoms with van der Waals surface area (Å²) in [6.07, 6.45) is 0. The normalized spacial score (nSPS) is 18.9. The van der Waals surface area contributed by atoms with Gasteiger partial charge in [-0.1, -0.05) is 0 Å². The number of aliphatic carboxylic acids is 1. The Morgan fingerprint density at radius 2 is 2.56 bits per heavy atom. The number of carbonyl (C=O) groups is 1. The van der Waals surface area contributed by atoms with Crippen molar-refractivity contribution >= 4 is 11.7 Å². The summed E-state index contributed by atoms with van der Waals surface area (Å²) in [5, 5.41) is 11.3. The van der Waals surface area contributed by atoms with Crippen LogP contribution in [0.5, 0.6) is 0 Å². The van der Waals surface area contributed by atoms with E-state index in [9.17, 15) is 4.79 Å². The summed E-state index contributed by atoms with van der Waals surface area (Å²) >= 11 is 0. The third kappa shape index (κ3) is 1.50. The number of hydrogen-bond acceptors (Lipinski definition) is 2. The Balaban J connectivity index is 2.57. The Kier molecular flexibility index (Phi) is 1.79. The van der Waals surface area contributed by atoms with E-state index in [1.165, 1.54) is 0 Å². The topological polar surface area (TPSA) is 63.3 Å². The van der Waals surface area contributed by atoms with Gasteiger partial charge in [-0.15, -0.1) is 0 Å². The maximum Gasteiger partial charge on any atom is 0.397 e. The van der Waals surface area contributed by atoms with E-state index in [1.807, 2.05) is 0 Å². The van der Waals surface area contributed by atoms with Crippen molar-refractivity contribution < 1.29 is 14.9 Å². The number of rotatable bonds is 1. The van der Waals surface area contributed by atoms with Crippen LogP contribution in [0.15, 0.2) is 0 Å². The van der Waals surface area contributed by atoms with Gasteiger partial charge in [0.15, 0.2) is 6.54 Å². The first kappa shape index (κ1) is 6.22. The molecule has 0 amide bonds. The fourth-order valence-electron chi connectivity index (χ4n) is 0.729. The van der Waals surface area contributed by atoms with E-state index >= 15 is 0 Å².